The first-order chi connectivity index (χ1) is 9.60. The lowest BCUT2D eigenvalue weighted by Crippen LogP contribution is -2.00. The number of anilines is 1. The molecule has 0 unspecified atom stereocenters. The third-order valence-corrected chi connectivity index (χ3v) is 4.20. The molecule has 0 spiro atoms. The highest BCUT2D eigenvalue weighted by molar-refractivity contribution is 9.10. The second kappa shape index (κ2) is 4.82. The number of aromatic nitrogens is 2. The van der Waals surface area contributed by atoms with Gasteiger partial charge in [-0.15, -0.1) is 0 Å². The molecule has 0 aliphatic heterocycles. The molecule has 6 heteroatoms. The van der Waals surface area contributed by atoms with Crippen LogP contribution in [0.1, 0.15) is 5.56 Å². The van der Waals surface area contributed by atoms with Crippen molar-refractivity contribution in [1.82, 2.24) is 9.55 Å². The Morgan fingerprint density at radius 2 is 2.05 bits per heavy atom. The average molecular weight is 348 g/mol. The summed E-state index contributed by atoms with van der Waals surface area (Å²) in [5, 5.41) is 9.59. The fourth-order valence-corrected chi connectivity index (χ4v) is 2.48. The number of hydrogen-bond acceptors (Lipinski definition) is 3. The zero-order valence-corrected chi connectivity index (χ0v) is 12.5. The molecular formula is C14H8BrClN4. The van der Waals surface area contributed by atoms with E-state index < -0.39 is 0 Å². The van der Waals surface area contributed by atoms with Crippen LogP contribution in [0.2, 0.25) is 5.02 Å². The molecule has 1 heterocycles. The van der Waals surface area contributed by atoms with Gasteiger partial charge in [-0.1, -0.05) is 11.6 Å². The molecule has 98 valence electrons. The van der Waals surface area contributed by atoms with Gasteiger partial charge in [0.15, 0.2) is 0 Å². The van der Waals surface area contributed by atoms with Gasteiger partial charge in [-0.3, -0.25) is 4.57 Å². The van der Waals surface area contributed by atoms with Gasteiger partial charge in [-0.05, 0) is 52.3 Å². The van der Waals surface area contributed by atoms with E-state index in [0.29, 0.717) is 16.5 Å². The Labute approximate surface area is 128 Å². The Morgan fingerprint density at radius 3 is 2.75 bits per heavy atom. The van der Waals surface area contributed by atoms with Crippen molar-refractivity contribution in [3.8, 4) is 11.8 Å². The van der Waals surface area contributed by atoms with Crippen molar-refractivity contribution in [1.29, 1.82) is 5.26 Å². The van der Waals surface area contributed by atoms with E-state index in [1.54, 1.807) is 28.8 Å². The van der Waals surface area contributed by atoms with Crippen molar-refractivity contribution in [2.24, 2.45) is 0 Å². The second-order valence-electron chi connectivity index (χ2n) is 4.22. The van der Waals surface area contributed by atoms with Crippen LogP contribution in [0.5, 0.6) is 0 Å². The van der Waals surface area contributed by atoms with E-state index >= 15 is 0 Å². The van der Waals surface area contributed by atoms with E-state index in [2.05, 4.69) is 27.0 Å². The van der Waals surface area contributed by atoms with Gasteiger partial charge in [0.05, 0.1) is 33.4 Å². The van der Waals surface area contributed by atoms with Crippen molar-refractivity contribution in [2.75, 3.05) is 5.73 Å². The van der Waals surface area contributed by atoms with Crippen LogP contribution in [-0.4, -0.2) is 9.55 Å². The van der Waals surface area contributed by atoms with Gasteiger partial charge < -0.3 is 5.73 Å². The Bertz CT molecular complexity index is 863. The monoisotopic (exact) mass is 346 g/mol. The minimum atomic E-state index is 0.355. The molecular weight excluding hydrogens is 340 g/mol. The fourth-order valence-electron chi connectivity index (χ4n) is 2.06. The number of nitrogens with two attached hydrogens (primary N) is 1. The summed E-state index contributed by atoms with van der Waals surface area (Å²) >= 11 is 9.47. The molecule has 0 aliphatic carbocycles. The summed E-state index contributed by atoms with van der Waals surface area (Å²) in [6.07, 6.45) is 0. The predicted molar refractivity (Wildman–Crippen MR) is 82.9 cm³/mol. The van der Waals surface area contributed by atoms with Crippen LogP contribution < -0.4 is 5.73 Å². The lowest BCUT2D eigenvalue weighted by molar-refractivity contribution is 1.11. The van der Waals surface area contributed by atoms with Crippen LogP contribution in [0.15, 0.2) is 40.9 Å². The SMILES string of the molecule is N#Cc1ccc2nc(N)n(-c3ccc(Br)c(Cl)c3)c2c1. The molecule has 0 saturated carbocycles. The molecule has 3 aromatic rings. The highest BCUT2D eigenvalue weighted by Crippen LogP contribution is 2.29. The Balaban J connectivity index is 2.32. The van der Waals surface area contributed by atoms with Crippen molar-refractivity contribution in [3.63, 3.8) is 0 Å². The first kappa shape index (κ1) is 13.0. The Morgan fingerprint density at radius 1 is 1.25 bits per heavy atom. The van der Waals surface area contributed by atoms with Crippen LogP contribution in [0, 0.1) is 11.3 Å². The third kappa shape index (κ3) is 2.03. The van der Waals surface area contributed by atoms with Gasteiger partial charge in [0, 0.05) is 4.47 Å². The average Bonchev–Trinajstić information content (AvgIpc) is 2.77. The molecule has 1 aromatic heterocycles. The van der Waals surface area contributed by atoms with E-state index in [4.69, 9.17) is 22.6 Å². The van der Waals surface area contributed by atoms with Gasteiger partial charge >= 0.3 is 0 Å². The number of rotatable bonds is 1. The lowest BCUT2D eigenvalue weighted by Gasteiger charge is -2.08. The van der Waals surface area contributed by atoms with E-state index in [9.17, 15) is 0 Å². The molecule has 2 aromatic carbocycles. The molecule has 0 fully saturated rings. The number of hydrogen-bond donors (Lipinski definition) is 1. The van der Waals surface area contributed by atoms with Crippen LogP contribution in [0.4, 0.5) is 5.95 Å². The molecule has 4 nitrogen and oxygen atoms in total. The topological polar surface area (TPSA) is 67.6 Å². The molecule has 0 saturated heterocycles. The summed E-state index contributed by atoms with van der Waals surface area (Å²) in [6, 6.07) is 12.9. The summed E-state index contributed by atoms with van der Waals surface area (Å²) in [5.41, 5.74) is 8.85. The lowest BCUT2D eigenvalue weighted by atomic mass is 10.2. The zero-order chi connectivity index (χ0) is 14.3. The van der Waals surface area contributed by atoms with E-state index in [1.165, 1.54) is 0 Å². The molecule has 2 N–H and O–H groups in total. The first-order valence-corrected chi connectivity index (χ1v) is 6.91. The molecule has 3 rings (SSSR count). The largest absolute Gasteiger partial charge is 0.369 e. The molecule has 0 atom stereocenters. The van der Waals surface area contributed by atoms with Crippen molar-refractivity contribution >= 4 is 44.5 Å². The number of fused-ring (bicyclic) bond motifs is 1. The highest BCUT2D eigenvalue weighted by Gasteiger charge is 2.11. The van der Waals surface area contributed by atoms with Gasteiger partial charge in [0.25, 0.3) is 0 Å². The van der Waals surface area contributed by atoms with Crippen LogP contribution in [-0.2, 0) is 0 Å². The zero-order valence-electron chi connectivity index (χ0n) is 10.1. The maximum atomic E-state index is 9.01. The molecule has 0 bridgehead atoms. The minimum absolute atomic E-state index is 0.355. The second-order valence-corrected chi connectivity index (χ2v) is 5.48. The predicted octanol–water partition coefficient (Wildman–Crippen LogP) is 3.90. The fraction of sp³-hybridized carbons (Fsp3) is 0. The molecule has 0 amide bonds. The number of imidazole rings is 1. The number of nitriles is 1. The number of halogens is 2. The number of benzene rings is 2. The van der Waals surface area contributed by atoms with E-state index in [1.807, 2.05) is 12.1 Å². The standard InChI is InChI=1S/C14H8BrClN4/c15-10-3-2-9(6-11(10)16)20-13-5-8(7-17)1-4-12(13)19-14(20)18/h1-6H,(H2,18,19). The first-order valence-electron chi connectivity index (χ1n) is 5.73. The number of nitrogen functional groups attached to an aromatic ring is 1. The normalized spacial score (nSPS) is 10.7. The summed E-state index contributed by atoms with van der Waals surface area (Å²) in [5.74, 6) is 0.355. The molecule has 0 aliphatic rings. The van der Waals surface area contributed by atoms with Crippen molar-refractivity contribution in [2.45, 2.75) is 0 Å². The Kier molecular flexibility index (Phi) is 3.13. The minimum Gasteiger partial charge on any atom is -0.369 e. The van der Waals surface area contributed by atoms with Crippen molar-refractivity contribution < 1.29 is 0 Å². The smallest absolute Gasteiger partial charge is 0.205 e. The third-order valence-electron chi connectivity index (χ3n) is 2.97. The quantitative estimate of drug-likeness (QED) is 0.726. The van der Waals surface area contributed by atoms with Gasteiger partial charge in [0.2, 0.25) is 5.95 Å². The van der Waals surface area contributed by atoms with E-state index in [0.717, 1.165) is 21.2 Å². The number of nitrogens with zero attached hydrogens (tertiary/aromatic N) is 3. The summed E-state index contributed by atoms with van der Waals surface area (Å²) in [7, 11) is 0. The van der Waals surface area contributed by atoms with Gasteiger partial charge in [-0.25, -0.2) is 4.98 Å². The van der Waals surface area contributed by atoms with Crippen LogP contribution in [0.25, 0.3) is 16.7 Å². The van der Waals surface area contributed by atoms with Gasteiger partial charge in [0.1, 0.15) is 0 Å². The Hall–Kier alpha value is -2.03. The molecule has 20 heavy (non-hydrogen) atoms. The van der Waals surface area contributed by atoms with Gasteiger partial charge in [-0.2, -0.15) is 5.26 Å². The summed E-state index contributed by atoms with van der Waals surface area (Å²) in [6.45, 7) is 0. The molecule has 0 radical (unpaired) electrons. The van der Waals surface area contributed by atoms with Crippen molar-refractivity contribution in [3.05, 3.63) is 51.5 Å². The maximum Gasteiger partial charge on any atom is 0.205 e. The van der Waals surface area contributed by atoms with Crippen LogP contribution in [0.3, 0.4) is 0 Å². The maximum absolute atomic E-state index is 9.01. The summed E-state index contributed by atoms with van der Waals surface area (Å²) in [4.78, 5) is 4.29. The van der Waals surface area contributed by atoms with Crippen LogP contribution >= 0.6 is 27.5 Å². The summed E-state index contributed by atoms with van der Waals surface area (Å²) < 4.78 is 2.58. The highest BCUT2D eigenvalue weighted by atomic mass is 79.9. The van der Waals surface area contributed by atoms with E-state index in [-0.39, 0.29) is 0 Å².